The lowest BCUT2D eigenvalue weighted by Crippen LogP contribution is -2.17. The lowest BCUT2D eigenvalue weighted by Gasteiger charge is -2.24. The molecule has 3 rings (SSSR count). The Balaban J connectivity index is 2.46. The number of benzene rings is 1. The fraction of sp³-hybridized carbons (Fsp3) is 0.429. The van der Waals surface area contributed by atoms with Gasteiger partial charge in [-0.05, 0) is 70.3 Å². The molecule has 0 saturated heterocycles. The van der Waals surface area contributed by atoms with Crippen molar-refractivity contribution in [1.82, 2.24) is 0 Å². The Morgan fingerprint density at radius 1 is 1.06 bits per heavy atom. The minimum absolute atomic E-state index is 0.343. The van der Waals surface area contributed by atoms with E-state index in [-0.39, 0.29) is 11.2 Å². The summed E-state index contributed by atoms with van der Waals surface area (Å²) in [7, 11) is 1.70. The van der Waals surface area contributed by atoms with Crippen molar-refractivity contribution in [3.05, 3.63) is 37.8 Å². The molecule has 0 amide bonds. The van der Waals surface area contributed by atoms with Crippen LogP contribution in [-0.4, -0.2) is 7.11 Å². The monoisotopic (exact) mass is 372 g/mol. The van der Waals surface area contributed by atoms with Crippen molar-refractivity contribution in [3.63, 3.8) is 0 Å². The predicted octanol–water partition coefficient (Wildman–Crippen LogP) is 4.56. The first-order valence-electron chi connectivity index (χ1n) is 5.81. The van der Waals surface area contributed by atoms with Crippen molar-refractivity contribution < 1.29 is 9.47 Å². The van der Waals surface area contributed by atoms with Crippen LogP contribution in [0.2, 0.25) is 0 Å². The topological polar surface area (TPSA) is 18.5 Å². The highest BCUT2D eigenvalue weighted by atomic mass is 79.9. The molecular weight excluding hydrogens is 360 g/mol. The number of rotatable bonds is 1. The van der Waals surface area contributed by atoms with Gasteiger partial charge in [-0.2, -0.15) is 0 Å². The van der Waals surface area contributed by atoms with Crippen LogP contribution in [0.15, 0.2) is 21.1 Å². The molecule has 2 nitrogen and oxygen atoms in total. The van der Waals surface area contributed by atoms with Crippen molar-refractivity contribution in [3.8, 4) is 5.75 Å². The van der Waals surface area contributed by atoms with Crippen LogP contribution in [0.1, 0.15) is 30.5 Å². The number of halogens is 2. The van der Waals surface area contributed by atoms with Crippen LogP contribution < -0.4 is 4.74 Å². The third kappa shape index (κ3) is 1.32. The molecule has 2 aliphatic rings. The molecule has 2 bridgehead atoms. The highest BCUT2D eigenvalue weighted by Crippen LogP contribution is 2.60. The molecule has 0 unspecified atom stereocenters. The molecule has 18 heavy (non-hydrogen) atoms. The summed E-state index contributed by atoms with van der Waals surface area (Å²) in [6.45, 7) is 6.30. The van der Waals surface area contributed by atoms with Crippen molar-refractivity contribution in [1.29, 1.82) is 0 Å². The van der Waals surface area contributed by atoms with E-state index in [0.29, 0.717) is 0 Å². The standard InChI is InChI=1S/C14H14Br2O2/c1-7-8-9(12(17-4)11(16)10(7)15)14(3)6-5-13(8,2)18-14/h5-6H,1-4H3/t13-,14+/m0/s1. The molecule has 0 aliphatic carbocycles. The fourth-order valence-electron chi connectivity index (χ4n) is 3.17. The molecule has 96 valence electrons. The van der Waals surface area contributed by atoms with Gasteiger partial charge < -0.3 is 9.47 Å². The van der Waals surface area contributed by atoms with Gasteiger partial charge >= 0.3 is 0 Å². The van der Waals surface area contributed by atoms with Crippen molar-refractivity contribution in [2.45, 2.75) is 32.0 Å². The van der Waals surface area contributed by atoms with Crippen LogP contribution in [0.4, 0.5) is 0 Å². The van der Waals surface area contributed by atoms with Gasteiger partial charge in [-0.1, -0.05) is 0 Å². The largest absolute Gasteiger partial charge is 0.495 e. The molecule has 0 aromatic heterocycles. The summed E-state index contributed by atoms with van der Waals surface area (Å²) in [4.78, 5) is 0. The van der Waals surface area contributed by atoms with Crippen molar-refractivity contribution in [2.75, 3.05) is 7.11 Å². The minimum atomic E-state index is -0.386. The lowest BCUT2D eigenvalue weighted by atomic mass is 9.80. The lowest BCUT2D eigenvalue weighted by molar-refractivity contribution is -0.0501. The van der Waals surface area contributed by atoms with E-state index in [4.69, 9.17) is 9.47 Å². The molecule has 2 heterocycles. The Morgan fingerprint density at radius 3 is 2.17 bits per heavy atom. The van der Waals surface area contributed by atoms with E-state index in [1.807, 2.05) is 0 Å². The summed E-state index contributed by atoms with van der Waals surface area (Å²) in [5, 5.41) is 0. The van der Waals surface area contributed by atoms with E-state index in [0.717, 1.165) is 20.3 Å². The third-order valence-corrected chi connectivity index (χ3v) is 6.19. The molecule has 4 heteroatoms. The predicted molar refractivity (Wildman–Crippen MR) is 78.1 cm³/mol. The Morgan fingerprint density at radius 2 is 1.61 bits per heavy atom. The van der Waals surface area contributed by atoms with Crippen LogP contribution >= 0.6 is 31.9 Å². The Bertz CT molecular complexity index is 594. The van der Waals surface area contributed by atoms with E-state index >= 15 is 0 Å². The van der Waals surface area contributed by atoms with Crippen molar-refractivity contribution >= 4 is 31.9 Å². The van der Waals surface area contributed by atoms with E-state index in [9.17, 15) is 0 Å². The molecule has 2 aliphatic heterocycles. The number of methoxy groups -OCH3 is 1. The molecule has 1 aromatic rings. The molecule has 0 N–H and O–H groups in total. The van der Waals surface area contributed by atoms with Gasteiger partial charge in [-0.3, -0.25) is 0 Å². The maximum absolute atomic E-state index is 6.22. The van der Waals surface area contributed by atoms with Crippen LogP contribution in [0, 0.1) is 6.92 Å². The summed E-state index contributed by atoms with van der Waals surface area (Å²) in [6, 6.07) is 0. The maximum Gasteiger partial charge on any atom is 0.141 e. The van der Waals surface area contributed by atoms with Gasteiger partial charge in [0.25, 0.3) is 0 Å². The number of hydrogen-bond acceptors (Lipinski definition) is 2. The number of ether oxygens (including phenoxy) is 2. The van der Waals surface area contributed by atoms with Crippen LogP contribution in [0.3, 0.4) is 0 Å². The first-order valence-corrected chi connectivity index (χ1v) is 7.40. The van der Waals surface area contributed by atoms with Gasteiger partial charge in [0.1, 0.15) is 17.0 Å². The van der Waals surface area contributed by atoms with Crippen LogP contribution in [0.5, 0.6) is 5.75 Å². The van der Waals surface area contributed by atoms with Gasteiger partial charge in [0.15, 0.2) is 0 Å². The van der Waals surface area contributed by atoms with Gasteiger partial charge in [0, 0.05) is 15.6 Å². The van der Waals surface area contributed by atoms with Crippen LogP contribution in [-0.2, 0) is 15.9 Å². The van der Waals surface area contributed by atoms with E-state index in [1.54, 1.807) is 7.11 Å². The molecule has 2 atom stereocenters. The summed E-state index contributed by atoms with van der Waals surface area (Å²) in [6.07, 6.45) is 4.26. The fourth-order valence-corrected chi connectivity index (χ4v) is 4.20. The molecular formula is C14H14Br2O2. The molecule has 0 spiro atoms. The first-order chi connectivity index (χ1) is 8.34. The zero-order chi connectivity index (χ0) is 13.3. The van der Waals surface area contributed by atoms with E-state index in [1.165, 1.54) is 11.1 Å². The third-order valence-electron chi connectivity index (χ3n) is 3.91. The second-order valence-corrected chi connectivity index (χ2v) is 6.77. The second-order valence-electron chi connectivity index (χ2n) is 5.19. The Kier molecular flexibility index (Phi) is 2.55. The van der Waals surface area contributed by atoms with Gasteiger partial charge in [0.2, 0.25) is 0 Å². The summed E-state index contributed by atoms with van der Waals surface area (Å²) in [5.74, 6) is 0.859. The molecule has 0 fully saturated rings. The van der Waals surface area contributed by atoms with Crippen molar-refractivity contribution in [2.24, 2.45) is 0 Å². The minimum Gasteiger partial charge on any atom is -0.495 e. The van der Waals surface area contributed by atoms with Gasteiger partial charge in [0.05, 0.1) is 11.6 Å². The highest BCUT2D eigenvalue weighted by Gasteiger charge is 2.54. The molecule has 1 aromatic carbocycles. The maximum atomic E-state index is 6.22. The average Bonchev–Trinajstić information content (AvgIpc) is 2.74. The van der Waals surface area contributed by atoms with Gasteiger partial charge in [-0.25, -0.2) is 0 Å². The molecule has 0 saturated carbocycles. The molecule has 0 radical (unpaired) electrons. The first kappa shape index (κ1) is 12.7. The summed E-state index contributed by atoms with van der Waals surface area (Å²) in [5.41, 5.74) is 2.84. The quantitative estimate of drug-likeness (QED) is 0.672. The zero-order valence-corrected chi connectivity index (χ0v) is 13.9. The second kappa shape index (κ2) is 3.62. The number of fused-ring (bicyclic) bond motifs is 5. The SMILES string of the molecule is COc1c(Br)c(Br)c(C)c2c1[C@@]1(C)C=C[C@]2(C)O1. The Labute approximate surface area is 124 Å². The normalized spacial score (nSPS) is 31.9. The summed E-state index contributed by atoms with van der Waals surface area (Å²) >= 11 is 7.24. The summed E-state index contributed by atoms with van der Waals surface area (Å²) < 4.78 is 13.8. The van der Waals surface area contributed by atoms with E-state index < -0.39 is 0 Å². The van der Waals surface area contributed by atoms with Crippen LogP contribution in [0.25, 0.3) is 0 Å². The zero-order valence-electron chi connectivity index (χ0n) is 10.7. The van der Waals surface area contributed by atoms with Gasteiger partial charge in [-0.15, -0.1) is 0 Å². The highest BCUT2D eigenvalue weighted by molar-refractivity contribution is 9.13. The van der Waals surface area contributed by atoms with E-state index in [2.05, 4.69) is 64.8 Å². The Hall–Kier alpha value is -0.320. The smallest absolute Gasteiger partial charge is 0.141 e. The average molecular weight is 374 g/mol. The number of hydrogen-bond donors (Lipinski definition) is 0.